The lowest BCUT2D eigenvalue weighted by atomic mass is 10.0. The summed E-state index contributed by atoms with van der Waals surface area (Å²) in [6, 6.07) is -0.0820. The standard InChI is InChI=1S/C12H20N2O2/c1-13-12(16)10-4-2-3-7-14(10)8-11(15)9-5-6-9/h9-10H,2-8H2,1H3,(H,13,16). The maximum absolute atomic E-state index is 11.8. The number of nitrogens with zero attached hydrogens (tertiary/aromatic N) is 1. The molecule has 0 spiro atoms. The van der Waals surface area contributed by atoms with Gasteiger partial charge in [0.15, 0.2) is 0 Å². The molecule has 4 heteroatoms. The van der Waals surface area contributed by atoms with E-state index in [1.807, 2.05) is 0 Å². The molecule has 4 nitrogen and oxygen atoms in total. The highest BCUT2D eigenvalue weighted by Gasteiger charge is 2.34. The second kappa shape index (κ2) is 4.95. The molecule has 1 saturated carbocycles. The van der Waals surface area contributed by atoms with Gasteiger partial charge in [0, 0.05) is 13.0 Å². The van der Waals surface area contributed by atoms with Crippen LogP contribution in [0.5, 0.6) is 0 Å². The molecule has 2 rings (SSSR count). The molecule has 0 radical (unpaired) electrons. The number of ketones is 1. The number of rotatable bonds is 4. The number of carbonyl (C=O) groups excluding carboxylic acids is 2. The zero-order valence-electron chi connectivity index (χ0n) is 9.87. The van der Waals surface area contributed by atoms with Crippen molar-refractivity contribution in [1.29, 1.82) is 0 Å². The van der Waals surface area contributed by atoms with Gasteiger partial charge in [-0.05, 0) is 32.2 Å². The molecule has 1 N–H and O–H groups in total. The van der Waals surface area contributed by atoms with Crippen LogP contribution in [0.2, 0.25) is 0 Å². The van der Waals surface area contributed by atoms with Gasteiger partial charge in [-0.3, -0.25) is 14.5 Å². The molecular weight excluding hydrogens is 204 g/mol. The smallest absolute Gasteiger partial charge is 0.237 e. The predicted octanol–water partition coefficient (Wildman–Crippen LogP) is 0.566. The Bertz CT molecular complexity index is 287. The molecule has 0 aromatic rings. The second-order valence-corrected chi connectivity index (χ2v) is 4.84. The third-order valence-corrected chi connectivity index (χ3v) is 3.55. The van der Waals surface area contributed by atoms with Crippen molar-refractivity contribution in [3.05, 3.63) is 0 Å². The molecule has 90 valence electrons. The first-order valence-corrected chi connectivity index (χ1v) is 6.20. The maximum atomic E-state index is 11.8. The average molecular weight is 224 g/mol. The van der Waals surface area contributed by atoms with Gasteiger partial charge in [0.2, 0.25) is 5.91 Å². The zero-order valence-corrected chi connectivity index (χ0v) is 9.87. The van der Waals surface area contributed by atoms with Crippen molar-refractivity contribution in [3.8, 4) is 0 Å². The normalized spacial score (nSPS) is 26.4. The van der Waals surface area contributed by atoms with E-state index in [0.717, 1.165) is 38.6 Å². The number of likely N-dealkylation sites (N-methyl/N-ethyl adjacent to an activating group) is 1. The van der Waals surface area contributed by atoms with E-state index in [2.05, 4.69) is 10.2 Å². The first-order chi connectivity index (χ1) is 7.72. The summed E-state index contributed by atoms with van der Waals surface area (Å²) in [6.45, 7) is 1.36. The minimum Gasteiger partial charge on any atom is -0.358 e. The molecule has 1 aliphatic heterocycles. The number of amides is 1. The van der Waals surface area contributed by atoms with E-state index >= 15 is 0 Å². The van der Waals surface area contributed by atoms with Crippen LogP contribution in [0.15, 0.2) is 0 Å². The number of likely N-dealkylation sites (tertiary alicyclic amines) is 1. The highest BCUT2D eigenvalue weighted by atomic mass is 16.2. The molecule has 1 saturated heterocycles. The Labute approximate surface area is 96.4 Å². The summed E-state index contributed by atoms with van der Waals surface area (Å²) in [4.78, 5) is 25.5. The number of Topliss-reactive ketones (excluding diaryl/α,β-unsaturated/α-hetero) is 1. The van der Waals surface area contributed by atoms with Gasteiger partial charge in [-0.15, -0.1) is 0 Å². The van der Waals surface area contributed by atoms with Gasteiger partial charge in [-0.25, -0.2) is 0 Å². The molecule has 16 heavy (non-hydrogen) atoms. The maximum Gasteiger partial charge on any atom is 0.237 e. The monoisotopic (exact) mass is 224 g/mol. The second-order valence-electron chi connectivity index (χ2n) is 4.84. The molecule has 1 atom stereocenters. The van der Waals surface area contributed by atoms with Crippen molar-refractivity contribution in [2.45, 2.75) is 38.1 Å². The van der Waals surface area contributed by atoms with Crippen molar-refractivity contribution in [1.82, 2.24) is 10.2 Å². The number of nitrogens with one attached hydrogen (secondary N) is 1. The van der Waals surface area contributed by atoms with Crippen LogP contribution in [0.1, 0.15) is 32.1 Å². The first-order valence-electron chi connectivity index (χ1n) is 6.20. The van der Waals surface area contributed by atoms with Crippen molar-refractivity contribution in [2.24, 2.45) is 5.92 Å². The summed E-state index contributed by atoms with van der Waals surface area (Å²) in [5.74, 6) is 0.686. The van der Waals surface area contributed by atoms with Crippen LogP contribution in [-0.4, -0.2) is 42.8 Å². The highest BCUT2D eigenvalue weighted by Crippen LogP contribution is 2.30. The van der Waals surface area contributed by atoms with Crippen LogP contribution in [0.4, 0.5) is 0 Å². The fourth-order valence-electron chi connectivity index (χ4n) is 2.38. The molecule has 2 aliphatic rings. The van der Waals surface area contributed by atoms with Gasteiger partial charge in [0.25, 0.3) is 0 Å². The Morgan fingerprint density at radius 1 is 1.25 bits per heavy atom. The third kappa shape index (κ3) is 2.61. The Hall–Kier alpha value is -0.900. The van der Waals surface area contributed by atoms with Crippen LogP contribution in [0.3, 0.4) is 0 Å². The largest absolute Gasteiger partial charge is 0.358 e. The molecule has 0 aromatic heterocycles. The SMILES string of the molecule is CNC(=O)C1CCCCN1CC(=O)C1CC1. The van der Waals surface area contributed by atoms with E-state index in [1.165, 1.54) is 0 Å². The summed E-state index contributed by atoms with van der Waals surface area (Å²) >= 11 is 0. The minimum atomic E-state index is -0.0820. The molecule has 1 aliphatic carbocycles. The van der Waals surface area contributed by atoms with E-state index in [-0.39, 0.29) is 11.9 Å². The van der Waals surface area contributed by atoms with Crippen LogP contribution in [0, 0.1) is 5.92 Å². The van der Waals surface area contributed by atoms with Crippen molar-refractivity contribution in [3.63, 3.8) is 0 Å². The highest BCUT2D eigenvalue weighted by molar-refractivity contribution is 5.86. The Morgan fingerprint density at radius 2 is 2.00 bits per heavy atom. The van der Waals surface area contributed by atoms with Crippen LogP contribution in [-0.2, 0) is 9.59 Å². The Morgan fingerprint density at radius 3 is 2.62 bits per heavy atom. The third-order valence-electron chi connectivity index (χ3n) is 3.55. The summed E-state index contributed by atoms with van der Waals surface area (Å²) in [5.41, 5.74) is 0. The van der Waals surface area contributed by atoms with E-state index in [9.17, 15) is 9.59 Å². The fraction of sp³-hybridized carbons (Fsp3) is 0.833. The fourth-order valence-corrected chi connectivity index (χ4v) is 2.38. The first kappa shape index (κ1) is 11.6. The topological polar surface area (TPSA) is 49.4 Å². The van der Waals surface area contributed by atoms with Gasteiger partial charge < -0.3 is 5.32 Å². The Kier molecular flexibility index (Phi) is 3.59. The molecule has 1 heterocycles. The summed E-state index contributed by atoms with van der Waals surface area (Å²) in [5, 5.41) is 2.69. The predicted molar refractivity (Wildman–Crippen MR) is 61.0 cm³/mol. The van der Waals surface area contributed by atoms with E-state index in [4.69, 9.17) is 0 Å². The lowest BCUT2D eigenvalue weighted by molar-refractivity contribution is -0.129. The average Bonchev–Trinajstić information content (AvgIpc) is 3.12. The van der Waals surface area contributed by atoms with Gasteiger partial charge in [-0.1, -0.05) is 6.42 Å². The van der Waals surface area contributed by atoms with E-state index in [0.29, 0.717) is 18.2 Å². The van der Waals surface area contributed by atoms with Gasteiger partial charge in [-0.2, -0.15) is 0 Å². The molecule has 0 aromatic carbocycles. The molecular formula is C12H20N2O2. The quantitative estimate of drug-likeness (QED) is 0.759. The van der Waals surface area contributed by atoms with Crippen LogP contribution < -0.4 is 5.32 Å². The molecule has 1 unspecified atom stereocenters. The number of hydrogen-bond donors (Lipinski definition) is 1. The number of piperidine rings is 1. The van der Waals surface area contributed by atoms with Gasteiger partial charge in [0.05, 0.1) is 12.6 Å². The van der Waals surface area contributed by atoms with E-state index < -0.39 is 0 Å². The summed E-state index contributed by atoms with van der Waals surface area (Å²) in [7, 11) is 1.66. The summed E-state index contributed by atoms with van der Waals surface area (Å²) in [6.07, 6.45) is 5.18. The van der Waals surface area contributed by atoms with Crippen molar-refractivity contribution >= 4 is 11.7 Å². The lowest BCUT2D eigenvalue weighted by Crippen LogP contribution is -2.50. The number of carbonyl (C=O) groups is 2. The van der Waals surface area contributed by atoms with Crippen molar-refractivity contribution < 1.29 is 9.59 Å². The van der Waals surface area contributed by atoms with Crippen LogP contribution in [0.25, 0.3) is 0 Å². The number of hydrogen-bond acceptors (Lipinski definition) is 3. The van der Waals surface area contributed by atoms with Gasteiger partial charge >= 0.3 is 0 Å². The van der Waals surface area contributed by atoms with Crippen LogP contribution >= 0.6 is 0 Å². The Balaban J connectivity index is 1.92. The van der Waals surface area contributed by atoms with Crippen molar-refractivity contribution in [2.75, 3.05) is 20.1 Å². The zero-order chi connectivity index (χ0) is 11.5. The summed E-state index contributed by atoms with van der Waals surface area (Å²) < 4.78 is 0. The van der Waals surface area contributed by atoms with Gasteiger partial charge in [0.1, 0.15) is 5.78 Å². The lowest BCUT2D eigenvalue weighted by Gasteiger charge is -2.33. The molecule has 1 amide bonds. The molecule has 2 fully saturated rings. The van der Waals surface area contributed by atoms with E-state index in [1.54, 1.807) is 7.05 Å². The molecule has 0 bridgehead atoms. The minimum absolute atomic E-state index is 0.0586.